The molecule has 1 heterocycles. The summed E-state index contributed by atoms with van der Waals surface area (Å²) in [4.78, 5) is 4.36. The standard InChI is InChI=1S/C23H18ClNO6S2/c1-28-16-5-9-18(10-6-16)30-21-22(33(26,27)20-13-3-15(24)4-14-20)32-23(25-21)31-19-11-7-17(29-2)8-12-19/h3-14H,1-2H3. The fourth-order valence-corrected chi connectivity index (χ4v) is 5.47. The van der Waals surface area contributed by atoms with E-state index in [2.05, 4.69) is 4.98 Å². The Balaban J connectivity index is 1.72. The van der Waals surface area contributed by atoms with Gasteiger partial charge in [-0.1, -0.05) is 22.9 Å². The minimum Gasteiger partial charge on any atom is -0.497 e. The first kappa shape index (κ1) is 22.9. The Kier molecular flexibility index (Phi) is 6.73. The van der Waals surface area contributed by atoms with Crippen molar-refractivity contribution in [3.8, 4) is 34.1 Å². The number of ether oxygens (including phenoxy) is 4. The summed E-state index contributed by atoms with van der Waals surface area (Å²) in [7, 11) is -0.839. The molecule has 0 bridgehead atoms. The number of hydrogen-bond acceptors (Lipinski definition) is 8. The average molecular weight is 504 g/mol. The van der Waals surface area contributed by atoms with Gasteiger partial charge in [-0.2, -0.15) is 4.98 Å². The van der Waals surface area contributed by atoms with Crippen molar-refractivity contribution in [1.29, 1.82) is 0 Å². The summed E-state index contributed by atoms with van der Waals surface area (Å²) in [6.45, 7) is 0. The second-order valence-electron chi connectivity index (χ2n) is 6.58. The van der Waals surface area contributed by atoms with E-state index in [1.165, 1.54) is 24.3 Å². The molecule has 0 saturated heterocycles. The Labute approximate surface area is 200 Å². The molecule has 4 aromatic rings. The van der Waals surface area contributed by atoms with Crippen molar-refractivity contribution >= 4 is 32.8 Å². The highest BCUT2D eigenvalue weighted by Gasteiger charge is 2.29. The summed E-state index contributed by atoms with van der Waals surface area (Å²) < 4.78 is 48.5. The van der Waals surface area contributed by atoms with E-state index >= 15 is 0 Å². The summed E-state index contributed by atoms with van der Waals surface area (Å²) in [6, 6.07) is 19.4. The van der Waals surface area contributed by atoms with Gasteiger partial charge in [-0.05, 0) is 72.8 Å². The molecule has 4 rings (SSSR count). The third-order valence-corrected chi connectivity index (χ3v) is 7.88. The number of methoxy groups -OCH3 is 2. The lowest BCUT2D eigenvalue weighted by molar-refractivity contribution is 0.409. The van der Waals surface area contributed by atoms with E-state index in [4.69, 9.17) is 30.5 Å². The highest BCUT2D eigenvalue weighted by molar-refractivity contribution is 7.93. The monoisotopic (exact) mass is 503 g/mol. The summed E-state index contributed by atoms with van der Waals surface area (Å²) in [5.41, 5.74) is 0. The molecule has 0 radical (unpaired) electrons. The number of nitrogens with zero attached hydrogens (tertiary/aromatic N) is 1. The SMILES string of the molecule is COc1ccc(Oc2nc(Oc3ccc(OC)cc3)c(S(=O)(=O)c3ccc(Cl)cc3)s2)cc1. The number of aromatic nitrogens is 1. The predicted molar refractivity (Wildman–Crippen MR) is 125 cm³/mol. The highest BCUT2D eigenvalue weighted by atomic mass is 35.5. The van der Waals surface area contributed by atoms with Gasteiger partial charge < -0.3 is 18.9 Å². The van der Waals surface area contributed by atoms with Crippen molar-refractivity contribution in [3.63, 3.8) is 0 Å². The fraction of sp³-hybridized carbons (Fsp3) is 0.0870. The first-order valence-corrected chi connectivity index (χ1v) is 12.2. The number of benzene rings is 3. The lowest BCUT2D eigenvalue weighted by atomic mass is 10.3. The van der Waals surface area contributed by atoms with Gasteiger partial charge in [-0.3, -0.25) is 0 Å². The first-order valence-electron chi connectivity index (χ1n) is 9.54. The van der Waals surface area contributed by atoms with Gasteiger partial charge in [0.1, 0.15) is 23.0 Å². The predicted octanol–water partition coefficient (Wildman–Crippen LogP) is 6.23. The van der Waals surface area contributed by atoms with Gasteiger partial charge in [0.25, 0.3) is 11.1 Å². The molecule has 1 aromatic heterocycles. The summed E-state index contributed by atoms with van der Waals surface area (Å²) in [6.07, 6.45) is 0. The van der Waals surface area contributed by atoms with Crippen LogP contribution in [0.4, 0.5) is 0 Å². The third kappa shape index (κ3) is 5.22. The third-order valence-electron chi connectivity index (χ3n) is 4.45. The van der Waals surface area contributed by atoms with Gasteiger partial charge in [0.05, 0.1) is 19.1 Å². The quantitative estimate of drug-likeness (QED) is 0.281. The molecule has 0 saturated carbocycles. The number of rotatable bonds is 8. The molecule has 0 amide bonds. The molecule has 0 aliphatic rings. The van der Waals surface area contributed by atoms with Gasteiger partial charge in [0, 0.05) is 5.02 Å². The van der Waals surface area contributed by atoms with Crippen molar-refractivity contribution in [2.45, 2.75) is 9.10 Å². The topological polar surface area (TPSA) is 83.9 Å². The van der Waals surface area contributed by atoms with Crippen molar-refractivity contribution in [2.24, 2.45) is 0 Å². The van der Waals surface area contributed by atoms with Crippen LogP contribution in [0.5, 0.6) is 34.1 Å². The van der Waals surface area contributed by atoms with Crippen LogP contribution < -0.4 is 18.9 Å². The highest BCUT2D eigenvalue weighted by Crippen LogP contribution is 2.42. The summed E-state index contributed by atoms with van der Waals surface area (Å²) >= 11 is 6.78. The average Bonchev–Trinajstić information content (AvgIpc) is 3.23. The molecule has 0 aliphatic carbocycles. The minimum absolute atomic E-state index is 0.0612. The summed E-state index contributed by atoms with van der Waals surface area (Å²) in [5.74, 6) is 2.07. The van der Waals surface area contributed by atoms with Gasteiger partial charge in [-0.15, -0.1) is 0 Å². The molecule has 0 spiro atoms. The van der Waals surface area contributed by atoms with E-state index in [1.54, 1.807) is 62.8 Å². The maximum absolute atomic E-state index is 13.4. The number of sulfone groups is 1. The van der Waals surface area contributed by atoms with Crippen LogP contribution in [0.15, 0.2) is 81.9 Å². The van der Waals surface area contributed by atoms with Crippen LogP contribution in [-0.4, -0.2) is 27.6 Å². The molecule has 170 valence electrons. The van der Waals surface area contributed by atoms with Gasteiger partial charge in [-0.25, -0.2) is 8.42 Å². The number of hydrogen-bond donors (Lipinski definition) is 0. The van der Waals surface area contributed by atoms with E-state index in [0.29, 0.717) is 28.0 Å². The zero-order chi connectivity index (χ0) is 23.4. The van der Waals surface area contributed by atoms with E-state index in [0.717, 1.165) is 11.3 Å². The molecule has 33 heavy (non-hydrogen) atoms. The molecule has 10 heteroatoms. The van der Waals surface area contributed by atoms with Crippen molar-refractivity contribution < 1.29 is 27.4 Å². The van der Waals surface area contributed by atoms with Crippen molar-refractivity contribution in [2.75, 3.05) is 14.2 Å². The second-order valence-corrected chi connectivity index (χ2v) is 10.1. The Bertz CT molecular complexity index is 1340. The largest absolute Gasteiger partial charge is 0.497 e. The van der Waals surface area contributed by atoms with Crippen LogP contribution in [-0.2, 0) is 9.84 Å². The number of halogens is 1. The van der Waals surface area contributed by atoms with E-state index < -0.39 is 9.84 Å². The van der Waals surface area contributed by atoms with Gasteiger partial charge in [0.15, 0.2) is 4.21 Å². The van der Waals surface area contributed by atoms with Crippen LogP contribution in [0.1, 0.15) is 0 Å². The van der Waals surface area contributed by atoms with Crippen LogP contribution in [0, 0.1) is 0 Å². The molecule has 0 N–H and O–H groups in total. The van der Waals surface area contributed by atoms with Crippen LogP contribution >= 0.6 is 22.9 Å². The van der Waals surface area contributed by atoms with Gasteiger partial charge in [0.2, 0.25) is 9.84 Å². The van der Waals surface area contributed by atoms with Crippen molar-refractivity contribution in [1.82, 2.24) is 4.98 Å². The molecule has 0 fully saturated rings. The maximum atomic E-state index is 13.4. The molecule has 0 atom stereocenters. The van der Waals surface area contributed by atoms with E-state index in [9.17, 15) is 8.42 Å². The van der Waals surface area contributed by atoms with Crippen molar-refractivity contribution in [3.05, 3.63) is 77.8 Å². The minimum atomic E-state index is -3.95. The van der Waals surface area contributed by atoms with Gasteiger partial charge >= 0.3 is 0 Å². The second kappa shape index (κ2) is 9.70. The first-order chi connectivity index (χ1) is 15.9. The van der Waals surface area contributed by atoms with E-state index in [-0.39, 0.29) is 20.2 Å². The molecular formula is C23H18ClNO6S2. The Hall–Kier alpha value is -3.27. The molecule has 0 aliphatic heterocycles. The molecule has 7 nitrogen and oxygen atoms in total. The van der Waals surface area contributed by atoms with Crippen LogP contribution in [0.25, 0.3) is 0 Å². The van der Waals surface area contributed by atoms with Crippen LogP contribution in [0.2, 0.25) is 5.02 Å². The van der Waals surface area contributed by atoms with Crippen LogP contribution in [0.3, 0.4) is 0 Å². The zero-order valence-corrected chi connectivity index (χ0v) is 19.9. The maximum Gasteiger partial charge on any atom is 0.283 e. The Morgan fingerprint density at radius 3 is 1.73 bits per heavy atom. The normalized spacial score (nSPS) is 11.1. The Morgan fingerprint density at radius 2 is 1.21 bits per heavy atom. The lowest BCUT2D eigenvalue weighted by Gasteiger charge is -2.07. The van der Waals surface area contributed by atoms with E-state index in [1.807, 2.05) is 0 Å². The lowest BCUT2D eigenvalue weighted by Crippen LogP contribution is -2.01. The zero-order valence-electron chi connectivity index (χ0n) is 17.5. The molecular weight excluding hydrogens is 486 g/mol. The molecule has 3 aromatic carbocycles. The Morgan fingerprint density at radius 1 is 0.727 bits per heavy atom. The summed E-state index contributed by atoms with van der Waals surface area (Å²) in [5, 5.41) is 0.535. The fourth-order valence-electron chi connectivity index (χ4n) is 2.77. The number of thiazole rings is 1. The smallest absolute Gasteiger partial charge is 0.283 e. The molecule has 0 unspecified atom stereocenters.